The summed E-state index contributed by atoms with van der Waals surface area (Å²) in [5.74, 6) is 0. The van der Waals surface area contributed by atoms with Crippen molar-refractivity contribution in [3.63, 3.8) is 0 Å². The third-order valence-electron chi connectivity index (χ3n) is 2.79. The van der Waals surface area contributed by atoms with Crippen LogP contribution in [-0.2, 0) is 6.18 Å². The Kier molecular flexibility index (Phi) is 2.51. The van der Waals surface area contributed by atoms with Gasteiger partial charge >= 0.3 is 6.18 Å². The molecule has 0 saturated heterocycles. The van der Waals surface area contributed by atoms with Gasteiger partial charge in [0.05, 0.1) is 29.2 Å². The molecular weight excluding hydrogens is 255 g/mol. The Morgan fingerprint density at radius 2 is 1.89 bits per heavy atom. The monoisotopic (exact) mass is 263 g/mol. The molecule has 2 aromatic heterocycles. The summed E-state index contributed by atoms with van der Waals surface area (Å²) >= 11 is 0. The zero-order chi connectivity index (χ0) is 13.5. The Hall–Kier alpha value is -2.37. The van der Waals surface area contributed by atoms with Gasteiger partial charge in [0.25, 0.3) is 0 Å². The van der Waals surface area contributed by atoms with Crippen molar-refractivity contribution in [1.82, 2.24) is 14.8 Å². The van der Waals surface area contributed by atoms with E-state index in [-0.39, 0.29) is 0 Å². The average molecular weight is 263 g/mol. The number of pyridine rings is 1. The molecule has 0 aliphatic carbocycles. The van der Waals surface area contributed by atoms with Gasteiger partial charge in [0.1, 0.15) is 0 Å². The van der Waals surface area contributed by atoms with Crippen LogP contribution in [-0.4, -0.2) is 14.8 Å². The van der Waals surface area contributed by atoms with Gasteiger partial charge in [-0.1, -0.05) is 6.07 Å². The fraction of sp³-hybridized carbons (Fsp3) is 0.0769. The van der Waals surface area contributed by atoms with Crippen molar-refractivity contribution in [2.45, 2.75) is 6.18 Å². The van der Waals surface area contributed by atoms with Crippen molar-refractivity contribution >= 4 is 10.9 Å². The van der Waals surface area contributed by atoms with Crippen LogP contribution in [0.2, 0.25) is 0 Å². The summed E-state index contributed by atoms with van der Waals surface area (Å²) in [4.78, 5) is 3.94. The van der Waals surface area contributed by atoms with E-state index in [0.717, 1.165) is 12.1 Å². The second kappa shape index (κ2) is 4.08. The van der Waals surface area contributed by atoms with Crippen LogP contribution in [0.3, 0.4) is 0 Å². The number of rotatable bonds is 1. The van der Waals surface area contributed by atoms with E-state index in [1.807, 2.05) is 0 Å². The fourth-order valence-corrected chi connectivity index (χ4v) is 1.88. The molecule has 1 aromatic carbocycles. The number of hydrogen-bond donors (Lipinski definition) is 0. The largest absolute Gasteiger partial charge is 0.416 e. The number of benzene rings is 1. The van der Waals surface area contributed by atoms with Crippen molar-refractivity contribution < 1.29 is 13.2 Å². The summed E-state index contributed by atoms with van der Waals surface area (Å²) in [7, 11) is 0. The summed E-state index contributed by atoms with van der Waals surface area (Å²) in [6.07, 6.45) is 0.309. The van der Waals surface area contributed by atoms with Gasteiger partial charge in [0.2, 0.25) is 0 Å². The minimum atomic E-state index is -4.36. The lowest BCUT2D eigenvalue weighted by atomic mass is 10.1. The normalized spacial score (nSPS) is 11.9. The smallest absolute Gasteiger partial charge is 0.262 e. The molecule has 96 valence electrons. The predicted molar refractivity (Wildman–Crippen MR) is 63.9 cm³/mol. The zero-order valence-corrected chi connectivity index (χ0v) is 9.59. The Morgan fingerprint density at radius 1 is 1.05 bits per heavy atom. The van der Waals surface area contributed by atoms with E-state index in [9.17, 15) is 13.2 Å². The highest BCUT2D eigenvalue weighted by Crippen LogP contribution is 2.31. The van der Waals surface area contributed by atoms with Crippen molar-refractivity contribution in [2.75, 3.05) is 0 Å². The molecule has 0 aliphatic rings. The first-order valence-corrected chi connectivity index (χ1v) is 5.51. The van der Waals surface area contributed by atoms with Gasteiger partial charge < -0.3 is 0 Å². The van der Waals surface area contributed by atoms with E-state index >= 15 is 0 Å². The molecule has 3 nitrogen and oxygen atoms in total. The highest BCUT2D eigenvalue weighted by molar-refractivity contribution is 5.81. The zero-order valence-electron chi connectivity index (χ0n) is 9.59. The van der Waals surface area contributed by atoms with Crippen LogP contribution in [0.15, 0.2) is 48.9 Å². The molecule has 0 atom stereocenters. The molecule has 6 heteroatoms. The quantitative estimate of drug-likeness (QED) is 0.673. The van der Waals surface area contributed by atoms with Crippen molar-refractivity contribution in [3.8, 4) is 5.69 Å². The first-order valence-electron chi connectivity index (χ1n) is 5.51. The number of fused-ring (bicyclic) bond motifs is 1. The lowest BCUT2D eigenvalue weighted by molar-refractivity contribution is -0.137. The molecule has 19 heavy (non-hydrogen) atoms. The lowest BCUT2D eigenvalue weighted by Crippen LogP contribution is -2.05. The average Bonchev–Trinajstić information content (AvgIpc) is 2.81. The second-order valence-corrected chi connectivity index (χ2v) is 4.04. The van der Waals surface area contributed by atoms with E-state index in [1.165, 1.54) is 16.9 Å². The number of hydrogen-bond acceptors (Lipinski definition) is 2. The third kappa shape index (κ3) is 2.05. The van der Waals surface area contributed by atoms with Crippen LogP contribution < -0.4 is 0 Å². The lowest BCUT2D eigenvalue weighted by Gasteiger charge is -2.07. The molecule has 0 fully saturated rings. The molecule has 0 spiro atoms. The highest BCUT2D eigenvalue weighted by Gasteiger charge is 2.30. The number of alkyl halides is 3. The maximum atomic E-state index is 12.7. The topological polar surface area (TPSA) is 30.7 Å². The molecule has 0 unspecified atom stereocenters. The molecule has 0 amide bonds. The molecule has 0 aliphatic heterocycles. The molecule has 0 saturated carbocycles. The van der Waals surface area contributed by atoms with Crippen LogP contribution in [0.4, 0.5) is 13.2 Å². The predicted octanol–water partition coefficient (Wildman–Crippen LogP) is 3.44. The van der Waals surface area contributed by atoms with Crippen LogP contribution in [0.1, 0.15) is 5.56 Å². The SMILES string of the molecule is FC(F)(F)c1ccc2cnn(-c3cccnc3)c2c1. The summed E-state index contributed by atoms with van der Waals surface area (Å²) in [6, 6.07) is 7.00. The maximum absolute atomic E-state index is 12.7. The van der Waals surface area contributed by atoms with Crippen molar-refractivity contribution in [1.29, 1.82) is 0 Å². The molecule has 2 heterocycles. The van der Waals surface area contributed by atoms with Gasteiger partial charge in [-0.25, -0.2) is 4.68 Å². The summed E-state index contributed by atoms with van der Waals surface area (Å²) in [5.41, 5.74) is 0.338. The maximum Gasteiger partial charge on any atom is 0.416 e. The fourth-order valence-electron chi connectivity index (χ4n) is 1.88. The van der Waals surface area contributed by atoms with Gasteiger partial charge in [-0.2, -0.15) is 18.3 Å². The van der Waals surface area contributed by atoms with Gasteiger partial charge in [-0.05, 0) is 24.3 Å². The second-order valence-electron chi connectivity index (χ2n) is 4.04. The van der Waals surface area contributed by atoms with E-state index in [0.29, 0.717) is 16.6 Å². The van der Waals surface area contributed by atoms with E-state index in [1.54, 1.807) is 24.5 Å². The first-order chi connectivity index (χ1) is 9.05. The minimum Gasteiger partial charge on any atom is -0.262 e. The number of nitrogens with zero attached hydrogens (tertiary/aromatic N) is 3. The highest BCUT2D eigenvalue weighted by atomic mass is 19.4. The Balaban J connectivity index is 2.22. The van der Waals surface area contributed by atoms with E-state index in [2.05, 4.69) is 10.1 Å². The molecular formula is C13H8F3N3. The van der Waals surface area contributed by atoms with Crippen LogP contribution in [0.5, 0.6) is 0 Å². The summed E-state index contributed by atoms with van der Waals surface area (Å²) in [5, 5.41) is 4.75. The Labute approximate surface area is 106 Å². The Bertz CT molecular complexity index is 717. The summed E-state index contributed by atoms with van der Waals surface area (Å²) in [6.45, 7) is 0. The number of aromatic nitrogens is 3. The summed E-state index contributed by atoms with van der Waals surface area (Å²) < 4.78 is 39.6. The van der Waals surface area contributed by atoms with Crippen LogP contribution in [0.25, 0.3) is 16.6 Å². The van der Waals surface area contributed by atoms with Gasteiger partial charge in [-0.3, -0.25) is 4.98 Å². The first kappa shape index (κ1) is 11.7. The van der Waals surface area contributed by atoms with Gasteiger partial charge in [-0.15, -0.1) is 0 Å². The molecule has 0 bridgehead atoms. The number of halogens is 3. The third-order valence-corrected chi connectivity index (χ3v) is 2.79. The van der Waals surface area contributed by atoms with Crippen LogP contribution in [0, 0.1) is 0 Å². The molecule has 3 rings (SSSR count). The van der Waals surface area contributed by atoms with E-state index in [4.69, 9.17) is 0 Å². The molecule has 0 radical (unpaired) electrons. The van der Waals surface area contributed by atoms with Crippen molar-refractivity contribution in [3.05, 3.63) is 54.5 Å². The van der Waals surface area contributed by atoms with Gasteiger partial charge in [0, 0.05) is 11.6 Å². The molecule has 3 aromatic rings. The Morgan fingerprint density at radius 3 is 2.58 bits per heavy atom. The van der Waals surface area contributed by atoms with Gasteiger partial charge in [0.15, 0.2) is 0 Å². The molecule has 0 N–H and O–H groups in total. The van der Waals surface area contributed by atoms with E-state index < -0.39 is 11.7 Å². The standard InChI is InChI=1S/C13H8F3N3/c14-13(15,16)10-4-3-9-7-18-19(12(9)6-10)11-2-1-5-17-8-11/h1-8H. The minimum absolute atomic E-state index is 0.405. The van der Waals surface area contributed by atoms with Crippen LogP contribution >= 0.6 is 0 Å². The van der Waals surface area contributed by atoms with Crippen molar-refractivity contribution in [2.24, 2.45) is 0 Å².